The van der Waals surface area contributed by atoms with Crippen LogP contribution in [0.15, 0.2) is 30.5 Å². The van der Waals surface area contributed by atoms with Crippen LogP contribution in [0.1, 0.15) is 29.4 Å². The Balaban J connectivity index is 1.67. The maximum Gasteiger partial charge on any atom is 0.132 e. The van der Waals surface area contributed by atoms with Crippen LogP contribution in [0.4, 0.5) is 8.78 Å². The molecule has 110 valence electrons. The van der Waals surface area contributed by atoms with Gasteiger partial charge in [0.25, 0.3) is 0 Å². The molecule has 0 radical (unpaired) electrons. The number of hydrogen-bond donors (Lipinski definition) is 0. The average Bonchev–Trinajstić information content (AvgIpc) is 2.91. The number of likely N-dealkylation sites (tertiary alicyclic amines) is 1. The topological polar surface area (TPSA) is 29.0 Å². The molecule has 1 aliphatic rings. The summed E-state index contributed by atoms with van der Waals surface area (Å²) in [7, 11) is 0. The molecular weight excluding hydrogens is 272 g/mol. The Kier molecular flexibility index (Phi) is 3.92. The highest BCUT2D eigenvalue weighted by molar-refractivity contribution is 5.19. The molecule has 1 saturated heterocycles. The number of benzene rings is 1. The molecular formula is C16H17F2N3. The van der Waals surface area contributed by atoms with Gasteiger partial charge < -0.3 is 0 Å². The molecule has 2 aromatic rings. The van der Waals surface area contributed by atoms with Crippen molar-refractivity contribution in [2.24, 2.45) is 0 Å². The van der Waals surface area contributed by atoms with Gasteiger partial charge in [-0.2, -0.15) is 0 Å². The third-order valence-corrected chi connectivity index (χ3v) is 3.86. The minimum absolute atomic E-state index is 0.286. The summed E-state index contributed by atoms with van der Waals surface area (Å²) in [6.45, 7) is 4.12. The maximum atomic E-state index is 13.7. The van der Waals surface area contributed by atoms with Crippen LogP contribution in [0, 0.1) is 18.6 Å². The molecule has 0 bridgehead atoms. The van der Waals surface area contributed by atoms with Gasteiger partial charge in [0.15, 0.2) is 0 Å². The van der Waals surface area contributed by atoms with E-state index in [-0.39, 0.29) is 5.92 Å². The Morgan fingerprint density at radius 2 is 2.14 bits per heavy atom. The van der Waals surface area contributed by atoms with E-state index < -0.39 is 11.6 Å². The predicted octanol–water partition coefficient (Wildman–Crippen LogP) is 3.05. The van der Waals surface area contributed by atoms with E-state index in [2.05, 4.69) is 14.9 Å². The molecule has 1 aromatic heterocycles. The SMILES string of the molecule is Cc1ccnc([C@@H]2CCN(Cc3ccc(F)cc3F)C2)n1. The molecule has 0 saturated carbocycles. The molecule has 3 rings (SSSR count). The second kappa shape index (κ2) is 5.85. The molecule has 0 unspecified atom stereocenters. The summed E-state index contributed by atoms with van der Waals surface area (Å²) in [6, 6.07) is 5.63. The van der Waals surface area contributed by atoms with Crippen LogP contribution >= 0.6 is 0 Å². The molecule has 3 nitrogen and oxygen atoms in total. The van der Waals surface area contributed by atoms with Crippen LogP contribution in [-0.4, -0.2) is 28.0 Å². The first-order valence-corrected chi connectivity index (χ1v) is 7.07. The summed E-state index contributed by atoms with van der Waals surface area (Å²) in [5, 5.41) is 0. The van der Waals surface area contributed by atoms with E-state index in [1.165, 1.54) is 12.1 Å². The fraction of sp³-hybridized carbons (Fsp3) is 0.375. The standard InChI is InChI=1S/C16H17F2N3/c1-11-4-6-19-16(20-11)13-5-7-21(10-13)9-12-2-3-14(17)8-15(12)18/h2-4,6,8,13H,5,7,9-10H2,1H3/t13-/m1/s1. The van der Waals surface area contributed by atoms with E-state index >= 15 is 0 Å². The van der Waals surface area contributed by atoms with E-state index in [4.69, 9.17) is 0 Å². The van der Waals surface area contributed by atoms with E-state index in [1.807, 2.05) is 13.0 Å². The third kappa shape index (κ3) is 3.24. The van der Waals surface area contributed by atoms with Crippen LogP contribution in [0.5, 0.6) is 0 Å². The lowest BCUT2D eigenvalue weighted by Crippen LogP contribution is -2.21. The fourth-order valence-corrected chi connectivity index (χ4v) is 2.74. The van der Waals surface area contributed by atoms with Crippen molar-refractivity contribution in [1.29, 1.82) is 0 Å². The predicted molar refractivity (Wildman–Crippen MR) is 75.8 cm³/mol. The van der Waals surface area contributed by atoms with Crippen molar-refractivity contribution >= 4 is 0 Å². The van der Waals surface area contributed by atoms with E-state index in [1.54, 1.807) is 6.20 Å². The molecule has 21 heavy (non-hydrogen) atoms. The zero-order valence-electron chi connectivity index (χ0n) is 11.9. The van der Waals surface area contributed by atoms with Crippen molar-refractivity contribution in [2.75, 3.05) is 13.1 Å². The molecule has 0 aliphatic carbocycles. The second-order valence-corrected chi connectivity index (χ2v) is 5.51. The first-order chi connectivity index (χ1) is 10.1. The van der Waals surface area contributed by atoms with Crippen LogP contribution in [0.2, 0.25) is 0 Å². The van der Waals surface area contributed by atoms with Crippen molar-refractivity contribution in [3.63, 3.8) is 0 Å². The van der Waals surface area contributed by atoms with Gasteiger partial charge in [0.05, 0.1) is 0 Å². The van der Waals surface area contributed by atoms with Crippen molar-refractivity contribution < 1.29 is 8.78 Å². The van der Waals surface area contributed by atoms with Crippen LogP contribution in [-0.2, 0) is 6.54 Å². The summed E-state index contributed by atoms with van der Waals surface area (Å²) in [4.78, 5) is 11.0. The zero-order valence-corrected chi connectivity index (χ0v) is 11.9. The molecule has 0 amide bonds. The monoisotopic (exact) mass is 289 g/mol. The van der Waals surface area contributed by atoms with Crippen LogP contribution in [0.25, 0.3) is 0 Å². The number of rotatable bonds is 3. The Morgan fingerprint density at radius 1 is 1.29 bits per heavy atom. The highest BCUT2D eigenvalue weighted by atomic mass is 19.1. The molecule has 2 heterocycles. The lowest BCUT2D eigenvalue weighted by Gasteiger charge is -2.16. The van der Waals surface area contributed by atoms with E-state index in [9.17, 15) is 8.78 Å². The number of nitrogens with zero attached hydrogens (tertiary/aromatic N) is 3. The summed E-state index contributed by atoms with van der Waals surface area (Å²) in [6.07, 6.45) is 2.74. The Bertz CT molecular complexity index is 645. The quantitative estimate of drug-likeness (QED) is 0.869. The fourth-order valence-electron chi connectivity index (χ4n) is 2.74. The summed E-state index contributed by atoms with van der Waals surface area (Å²) in [5.74, 6) is 0.124. The van der Waals surface area contributed by atoms with Gasteiger partial charge in [0.2, 0.25) is 0 Å². The third-order valence-electron chi connectivity index (χ3n) is 3.86. The number of halogens is 2. The van der Waals surface area contributed by atoms with E-state index in [0.29, 0.717) is 12.1 Å². The van der Waals surface area contributed by atoms with Crippen LogP contribution in [0.3, 0.4) is 0 Å². The first-order valence-electron chi connectivity index (χ1n) is 7.07. The molecule has 0 spiro atoms. The molecule has 1 aromatic carbocycles. The van der Waals surface area contributed by atoms with Crippen molar-refractivity contribution in [3.05, 3.63) is 59.2 Å². The van der Waals surface area contributed by atoms with Gasteiger partial charge in [-0.05, 0) is 32.0 Å². The maximum absolute atomic E-state index is 13.7. The highest BCUT2D eigenvalue weighted by Gasteiger charge is 2.26. The molecule has 1 fully saturated rings. The van der Waals surface area contributed by atoms with Crippen molar-refractivity contribution in [2.45, 2.75) is 25.8 Å². The Morgan fingerprint density at radius 3 is 2.90 bits per heavy atom. The first kappa shape index (κ1) is 14.1. The Labute approximate surface area is 122 Å². The van der Waals surface area contributed by atoms with Crippen molar-refractivity contribution in [3.8, 4) is 0 Å². The summed E-state index contributed by atoms with van der Waals surface area (Å²) >= 11 is 0. The van der Waals surface area contributed by atoms with Gasteiger partial charge >= 0.3 is 0 Å². The van der Waals surface area contributed by atoms with Gasteiger partial charge in [-0.3, -0.25) is 4.90 Å². The lowest BCUT2D eigenvalue weighted by molar-refractivity contribution is 0.319. The van der Waals surface area contributed by atoms with E-state index in [0.717, 1.165) is 37.1 Å². The largest absolute Gasteiger partial charge is 0.298 e. The van der Waals surface area contributed by atoms with Gasteiger partial charge in [0, 0.05) is 42.5 Å². The minimum Gasteiger partial charge on any atom is -0.298 e. The molecule has 1 atom stereocenters. The zero-order chi connectivity index (χ0) is 14.8. The van der Waals surface area contributed by atoms with Gasteiger partial charge in [-0.25, -0.2) is 18.7 Å². The van der Waals surface area contributed by atoms with Crippen molar-refractivity contribution in [1.82, 2.24) is 14.9 Å². The van der Waals surface area contributed by atoms with Crippen LogP contribution < -0.4 is 0 Å². The molecule has 5 heteroatoms. The summed E-state index contributed by atoms with van der Waals surface area (Å²) in [5.41, 5.74) is 1.49. The summed E-state index contributed by atoms with van der Waals surface area (Å²) < 4.78 is 26.6. The molecule has 1 aliphatic heterocycles. The smallest absolute Gasteiger partial charge is 0.132 e. The minimum atomic E-state index is -0.538. The normalized spacial score (nSPS) is 19.1. The number of aryl methyl sites for hydroxylation is 1. The van der Waals surface area contributed by atoms with Gasteiger partial charge in [0.1, 0.15) is 17.5 Å². The number of hydrogen-bond acceptors (Lipinski definition) is 3. The van der Waals surface area contributed by atoms with Gasteiger partial charge in [-0.15, -0.1) is 0 Å². The highest BCUT2D eigenvalue weighted by Crippen LogP contribution is 2.26. The second-order valence-electron chi connectivity index (χ2n) is 5.51. The van der Waals surface area contributed by atoms with Gasteiger partial charge in [-0.1, -0.05) is 6.07 Å². The molecule has 0 N–H and O–H groups in total. The average molecular weight is 289 g/mol. The number of aromatic nitrogens is 2. The lowest BCUT2D eigenvalue weighted by atomic mass is 10.1. The Hall–Kier alpha value is -1.88.